The predicted molar refractivity (Wildman–Crippen MR) is 89.4 cm³/mol. The molecule has 0 aliphatic heterocycles. The fraction of sp³-hybridized carbons (Fsp3) is 0.235. The Morgan fingerprint density at radius 2 is 1.64 bits per heavy atom. The first kappa shape index (κ1) is 21.6. The first-order valence-corrected chi connectivity index (χ1v) is 9.19. The molecule has 1 atom stereocenters. The summed E-state index contributed by atoms with van der Waals surface area (Å²) in [5.74, 6) is -1.98. The monoisotopic (exact) mass is 421 g/mol. The molecule has 0 heterocycles. The van der Waals surface area contributed by atoms with Crippen molar-refractivity contribution in [1.82, 2.24) is 4.72 Å². The molecule has 152 valence electrons. The lowest BCUT2D eigenvalue weighted by atomic mass is 10.1. The summed E-state index contributed by atoms with van der Waals surface area (Å²) in [6, 6.07) is 7.18. The SMILES string of the molecule is COC(=O)C(Cc1ccc(F)cc1)NS(=O)(=O)c1ccc(OC(F)(F)F)cc1. The number of sulfonamides is 1. The van der Waals surface area contributed by atoms with Crippen LogP contribution in [-0.4, -0.2) is 33.9 Å². The molecule has 0 amide bonds. The molecule has 1 unspecified atom stereocenters. The third-order valence-electron chi connectivity index (χ3n) is 3.50. The molecule has 2 aromatic rings. The smallest absolute Gasteiger partial charge is 0.468 e. The van der Waals surface area contributed by atoms with E-state index in [0.29, 0.717) is 5.56 Å². The molecule has 0 aliphatic rings. The second-order valence-electron chi connectivity index (χ2n) is 5.55. The van der Waals surface area contributed by atoms with Crippen molar-refractivity contribution in [3.63, 3.8) is 0 Å². The topological polar surface area (TPSA) is 81.7 Å². The van der Waals surface area contributed by atoms with Crippen LogP contribution in [0.25, 0.3) is 0 Å². The van der Waals surface area contributed by atoms with Gasteiger partial charge in [-0.2, -0.15) is 4.72 Å². The number of nitrogens with one attached hydrogen (secondary N) is 1. The van der Waals surface area contributed by atoms with Crippen LogP contribution in [0, 0.1) is 5.82 Å². The maximum absolute atomic E-state index is 13.0. The Balaban J connectivity index is 2.19. The number of hydrogen-bond acceptors (Lipinski definition) is 5. The summed E-state index contributed by atoms with van der Waals surface area (Å²) < 4.78 is 84.8. The zero-order valence-corrected chi connectivity index (χ0v) is 15.2. The summed E-state index contributed by atoms with van der Waals surface area (Å²) in [6.45, 7) is 0. The first-order chi connectivity index (χ1) is 13.0. The molecule has 0 saturated heterocycles. The minimum absolute atomic E-state index is 0.124. The Morgan fingerprint density at radius 3 is 2.14 bits per heavy atom. The molecule has 0 radical (unpaired) electrons. The highest BCUT2D eigenvalue weighted by atomic mass is 32.2. The van der Waals surface area contributed by atoms with Crippen LogP contribution in [0.5, 0.6) is 5.75 Å². The maximum atomic E-state index is 13.0. The molecule has 0 aliphatic carbocycles. The van der Waals surface area contributed by atoms with Gasteiger partial charge in [-0.3, -0.25) is 4.79 Å². The number of carbonyl (C=O) groups is 1. The zero-order valence-electron chi connectivity index (χ0n) is 14.4. The van der Waals surface area contributed by atoms with Gasteiger partial charge in [-0.1, -0.05) is 12.1 Å². The molecule has 0 bridgehead atoms. The van der Waals surface area contributed by atoms with Crippen LogP contribution in [0.4, 0.5) is 17.6 Å². The summed E-state index contributed by atoms with van der Waals surface area (Å²) in [5, 5.41) is 0. The number of methoxy groups -OCH3 is 1. The van der Waals surface area contributed by atoms with Crippen LogP contribution >= 0.6 is 0 Å². The Kier molecular flexibility index (Phi) is 6.62. The average Bonchev–Trinajstić information content (AvgIpc) is 2.61. The van der Waals surface area contributed by atoms with Gasteiger partial charge < -0.3 is 9.47 Å². The minimum Gasteiger partial charge on any atom is -0.468 e. The number of ether oxygens (including phenoxy) is 2. The van der Waals surface area contributed by atoms with Crippen LogP contribution in [0.15, 0.2) is 53.4 Å². The van der Waals surface area contributed by atoms with E-state index in [-0.39, 0.29) is 11.3 Å². The van der Waals surface area contributed by atoms with Gasteiger partial charge >= 0.3 is 12.3 Å². The standard InChI is InChI=1S/C17H15F4NO5S/c1-26-16(23)15(10-11-2-4-12(18)5-3-11)22-28(24,25)14-8-6-13(7-9-14)27-17(19,20)21/h2-9,15,22H,10H2,1H3. The largest absolute Gasteiger partial charge is 0.573 e. The van der Waals surface area contributed by atoms with Crippen molar-refractivity contribution in [2.75, 3.05) is 7.11 Å². The van der Waals surface area contributed by atoms with E-state index in [1.807, 2.05) is 0 Å². The third kappa shape index (κ3) is 6.20. The van der Waals surface area contributed by atoms with Crippen molar-refractivity contribution in [2.24, 2.45) is 0 Å². The van der Waals surface area contributed by atoms with Crippen LogP contribution in [0.1, 0.15) is 5.56 Å². The third-order valence-corrected chi connectivity index (χ3v) is 4.99. The molecule has 0 saturated carbocycles. The fourth-order valence-corrected chi connectivity index (χ4v) is 3.43. The quantitative estimate of drug-likeness (QED) is 0.549. The van der Waals surface area contributed by atoms with E-state index in [0.717, 1.165) is 43.5 Å². The number of benzene rings is 2. The molecule has 1 N–H and O–H groups in total. The Hall–Kier alpha value is -2.66. The van der Waals surface area contributed by atoms with Gasteiger partial charge in [0.05, 0.1) is 12.0 Å². The van der Waals surface area contributed by atoms with Gasteiger partial charge in [0.25, 0.3) is 0 Å². The van der Waals surface area contributed by atoms with Crippen molar-refractivity contribution in [1.29, 1.82) is 0 Å². The van der Waals surface area contributed by atoms with Gasteiger partial charge in [0.15, 0.2) is 0 Å². The van der Waals surface area contributed by atoms with Crippen molar-refractivity contribution in [2.45, 2.75) is 23.7 Å². The molecule has 6 nitrogen and oxygen atoms in total. The highest BCUT2D eigenvalue weighted by molar-refractivity contribution is 7.89. The van der Waals surface area contributed by atoms with Gasteiger partial charge in [0.2, 0.25) is 10.0 Å². The molecule has 11 heteroatoms. The van der Waals surface area contributed by atoms with Crippen LogP contribution in [0.2, 0.25) is 0 Å². The molecule has 2 rings (SSSR count). The van der Waals surface area contributed by atoms with Crippen molar-refractivity contribution >= 4 is 16.0 Å². The molecule has 28 heavy (non-hydrogen) atoms. The Labute approximate surface area is 158 Å². The van der Waals surface area contributed by atoms with Crippen LogP contribution < -0.4 is 9.46 Å². The number of hydrogen-bond donors (Lipinski definition) is 1. The average molecular weight is 421 g/mol. The Bertz CT molecular complexity index is 912. The van der Waals surface area contributed by atoms with E-state index in [4.69, 9.17) is 0 Å². The molecule has 0 aromatic heterocycles. The Morgan fingerprint density at radius 1 is 1.07 bits per heavy atom. The number of halogens is 4. The molecular formula is C17H15F4NO5S. The lowest BCUT2D eigenvalue weighted by Crippen LogP contribution is -2.42. The number of esters is 1. The van der Waals surface area contributed by atoms with Gasteiger partial charge in [-0.25, -0.2) is 12.8 Å². The van der Waals surface area contributed by atoms with Crippen molar-refractivity contribution in [3.05, 3.63) is 59.9 Å². The van der Waals surface area contributed by atoms with Gasteiger partial charge in [-0.05, 0) is 48.4 Å². The van der Waals surface area contributed by atoms with Crippen LogP contribution in [0.3, 0.4) is 0 Å². The van der Waals surface area contributed by atoms with E-state index in [1.54, 1.807) is 0 Å². The van der Waals surface area contributed by atoms with Gasteiger partial charge in [-0.15, -0.1) is 13.2 Å². The number of rotatable bonds is 7. The second-order valence-corrected chi connectivity index (χ2v) is 7.26. The highest BCUT2D eigenvalue weighted by Gasteiger charge is 2.31. The highest BCUT2D eigenvalue weighted by Crippen LogP contribution is 2.24. The summed E-state index contributed by atoms with van der Waals surface area (Å²) in [7, 11) is -3.20. The fourth-order valence-electron chi connectivity index (χ4n) is 2.25. The first-order valence-electron chi connectivity index (χ1n) is 7.70. The minimum atomic E-state index is -4.91. The summed E-state index contributed by atoms with van der Waals surface area (Å²) in [4.78, 5) is 11.6. The maximum Gasteiger partial charge on any atom is 0.573 e. The van der Waals surface area contributed by atoms with Crippen molar-refractivity contribution < 1.29 is 40.2 Å². The van der Waals surface area contributed by atoms with E-state index >= 15 is 0 Å². The summed E-state index contributed by atoms with van der Waals surface area (Å²) in [6.07, 6.45) is -5.04. The molecule has 0 spiro atoms. The lowest BCUT2D eigenvalue weighted by Gasteiger charge is -2.17. The summed E-state index contributed by atoms with van der Waals surface area (Å²) in [5.41, 5.74) is 0.466. The second kappa shape index (κ2) is 8.57. The van der Waals surface area contributed by atoms with Gasteiger partial charge in [0.1, 0.15) is 17.6 Å². The molecule has 2 aromatic carbocycles. The predicted octanol–water partition coefficient (Wildman–Crippen LogP) is 2.79. The van der Waals surface area contributed by atoms with E-state index in [9.17, 15) is 30.8 Å². The lowest BCUT2D eigenvalue weighted by molar-refractivity contribution is -0.274. The normalized spacial score (nSPS) is 13.0. The van der Waals surface area contributed by atoms with Crippen LogP contribution in [-0.2, 0) is 26.0 Å². The van der Waals surface area contributed by atoms with E-state index in [2.05, 4.69) is 14.2 Å². The van der Waals surface area contributed by atoms with Gasteiger partial charge in [0, 0.05) is 0 Å². The summed E-state index contributed by atoms with van der Waals surface area (Å²) >= 11 is 0. The number of carbonyl (C=O) groups excluding carboxylic acids is 1. The zero-order chi connectivity index (χ0) is 20.9. The number of alkyl halides is 3. The molecule has 0 fully saturated rings. The van der Waals surface area contributed by atoms with E-state index in [1.165, 1.54) is 12.1 Å². The van der Waals surface area contributed by atoms with Crippen molar-refractivity contribution in [3.8, 4) is 5.75 Å². The van der Waals surface area contributed by atoms with E-state index < -0.39 is 40.0 Å². The molecular weight excluding hydrogens is 406 g/mol.